The highest BCUT2D eigenvalue weighted by Crippen LogP contribution is 2.24. The summed E-state index contributed by atoms with van der Waals surface area (Å²) in [5.74, 6) is 0.864. The van der Waals surface area contributed by atoms with Gasteiger partial charge in [0.2, 0.25) is 0 Å². The highest BCUT2D eigenvalue weighted by molar-refractivity contribution is 5.96. The van der Waals surface area contributed by atoms with Crippen LogP contribution in [0.3, 0.4) is 0 Å². The lowest BCUT2D eigenvalue weighted by Gasteiger charge is -2.32. The monoisotopic (exact) mass is 262 g/mol. The molecular weight excluding hydrogens is 240 g/mol. The first-order valence-corrected chi connectivity index (χ1v) is 6.91. The van der Waals surface area contributed by atoms with Gasteiger partial charge in [0.05, 0.1) is 0 Å². The van der Waals surface area contributed by atoms with Crippen molar-refractivity contribution in [2.24, 2.45) is 11.7 Å². The van der Waals surface area contributed by atoms with Gasteiger partial charge in [-0.1, -0.05) is 6.07 Å². The van der Waals surface area contributed by atoms with E-state index in [4.69, 9.17) is 5.73 Å². The Kier molecular flexibility index (Phi) is 4.43. The van der Waals surface area contributed by atoms with Crippen molar-refractivity contribution in [2.75, 3.05) is 19.6 Å². The van der Waals surface area contributed by atoms with E-state index in [1.807, 2.05) is 4.90 Å². The van der Waals surface area contributed by atoms with Gasteiger partial charge < -0.3 is 15.7 Å². The van der Waals surface area contributed by atoms with Gasteiger partial charge in [-0.2, -0.15) is 0 Å². The van der Waals surface area contributed by atoms with Gasteiger partial charge in [-0.25, -0.2) is 0 Å². The topological polar surface area (TPSA) is 66.6 Å². The number of hydrogen-bond donors (Lipinski definition) is 2. The molecule has 0 radical (unpaired) electrons. The number of benzene rings is 1. The molecule has 0 bridgehead atoms. The number of carbonyl (C=O) groups excluding carboxylic acids is 1. The van der Waals surface area contributed by atoms with E-state index in [0.717, 1.165) is 38.9 Å². The standard InChI is InChI=1S/C15H22N2O2/c1-11-13(3-2-4-14(11)18)15(19)17-9-6-12(5-8-16)7-10-17/h2-4,12,18H,5-10,16H2,1H3. The molecule has 0 aromatic heterocycles. The van der Waals surface area contributed by atoms with Crippen molar-refractivity contribution in [3.63, 3.8) is 0 Å². The zero-order chi connectivity index (χ0) is 13.8. The first-order chi connectivity index (χ1) is 9.13. The lowest BCUT2D eigenvalue weighted by Crippen LogP contribution is -2.39. The summed E-state index contributed by atoms with van der Waals surface area (Å²) in [6.07, 6.45) is 3.11. The molecule has 4 nitrogen and oxygen atoms in total. The predicted octanol–water partition coefficient (Wildman–Crippen LogP) is 1.90. The molecule has 1 saturated heterocycles. The van der Waals surface area contributed by atoms with Crippen LogP contribution < -0.4 is 5.73 Å². The summed E-state index contributed by atoms with van der Waals surface area (Å²) < 4.78 is 0. The van der Waals surface area contributed by atoms with E-state index in [2.05, 4.69) is 0 Å². The molecule has 0 atom stereocenters. The number of hydrogen-bond acceptors (Lipinski definition) is 3. The summed E-state index contributed by atoms with van der Waals surface area (Å²) in [6.45, 7) is 4.09. The summed E-state index contributed by atoms with van der Waals surface area (Å²) in [5.41, 5.74) is 6.85. The van der Waals surface area contributed by atoms with Crippen molar-refractivity contribution < 1.29 is 9.90 Å². The Hall–Kier alpha value is -1.55. The smallest absolute Gasteiger partial charge is 0.254 e. The van der Waals surface area contributed by atoms with Crippen molar-refractivity contribution in [1.29, 1.82) is 0 Å². The van der Waals surface area contributed by atoms with Crippen LogP contribution in [-0.4, -0.2) is 35.5 Å². The third-order valence-electron chi connectivity index (χ3n) is 4.01. The second kappa shape index (κ2) is 6.06. The third kappa shape index (κ3) is 3.07. The zero-order valence-electron chi connectivity index (χ0n) is 11.4. The molecule has 1 aromatic rings. The number of nitrogens with two attached hydrogens (primary N) is 1. The van der Waals surface area contributed by atoms with Crippen LogP contribution in [0.1, 0.15) is 35.2 Å². The Bertz CT molecular complexity index is 451. The first-order valence-electron chi connectivity index (χ1n) is 6.91. The number of carbonyl (C=O) groups is 1. The highest BCUT2D eigenvalue weighted by atomic mass is 16.3. The minimum Gasteiger partial charge on any atom is -0.508 e. The van der Waals surface area contributed by atoms with Crippen LogP contribution >= 0.6 is 0 Å². The van der Waals surface area contributed by atoms with Crippen molar-refractivity contribution in [3.8, 4) is 5.75 Å². The largest absolute Gasteiger partial charge is 0.508 e. The first kappa shape index (κ1) is 13.9. The summed E-state index contributed by atoms with van der Waals surface area (Å²) in [5, 5.41) is 9.67. The maximum atomic E-state index is 12.4. The van der Waals surface area contributed by atoms with E-state index < -0.39 is 0 Å². The molecule has 104 valence electrons. The number of likely N-dealkylation sites (tertiary alicyclic amines) is 1. The zero-order valence-corrected chi connectivity index (χ0v) is 11.4. The Morgan fingerprint density at radius 2 is 2.11 bits per heavy atom. The van der Waals surface area contributed by atoms with Crippen LogP contribution in [0.15, 0.2) is 18.2 Å². The molecule has 19 heavy (non-hydrogen) atoms. The molecule has 4 heteroatoms. The normalized spacial score (nSPS) is 16.6. The molecule has 1 aliphatic rings. The molecular formula is C15H22N2O2. The summed E-state index contributed by atoms with van der Waals surface area (Å²) in [7, 11) is 0. The Morgan fingerprint density at radius 1 is 1.42 bits per heavy atom. The fourth-order valence-corrected chi connectivity index (χ4v) is 2.69. The summed E-state index contributed by atoms with van der Waals surface area (Å²) in [4.78, 5) is 14.3. The van der Waals surface area contributed by atoms with E-state index in [1.54, 1.807) is 25.1 Å². The lowest BCUT2D eigenvalue weighted by atomic mass is 9.93. The number of amides is 1. The molecule has 0 saturated carbocycles. The maximum absolute atomic E-state index is 12.4. The van der Waals surface area contributed by atoms with Crippen molar-refractivity contribution in [1.82, 2.24) is 4.90 Å². The van der Waals surface area contributed by atoms with E-state index in [1.165, 1.54) is 0 Å². The number of phenolic OH excluding ortho intramolecular Hbond substituents is 1. The second-order valence-corrected chi connectivity index (χ2v) is 5.26. The van der Waals surface area contributed by atoms with E-state index in [0.29, 0.717) is 17.0 Å². The quantitative estimate of drug-likeness (QED) is 0.874. The molecule has 3 N–H and O–H groups in total. The Labute approximate surface area is 114 Å². The van der Waals surface area contributed by atoms with Crippen molar-refractivity contribution >= 4 is 5.91 Å². The van der Waals surface area contributed by atoms with Gasteiger partial charge in [0, 0.05) is 24.2 Å². The molecule has 2 rings (SSSR count). The van der Waals surface area contributed by atoms with E-state index >= 15 is 0 Å². The number of aromatic hydroxyl groups is 1. The maximum Gasteiger partial charge on any atom is 0.254 e. The van der Waals surface area contributed by atoms with Gasteiger partial charge in [0.15, 0.2) is 0 Å². The van der Waals surface area contributed by atoms with Gasteiger partial charge in [-0.3, -0.25) is 4.79 Å². The number of piperidine rings is 1. The summed E-state index contributed by atoms with van der Waals surface area (Å²) in [6, 6.07) is 5.11. The average molecular weight is 262 g/mol. The molecule has 1 amide bonds. The number of phenols is 1. The fraction of sp³-hybridized carbons (Fsp3) is 0.533. The van der Waals surface area contributed by atoms with Crippen LogP contribution in [0.25, 0.3) is 0 Å². The Balaban J connectivity index is 2.03. The van der Waals surface area contributed by atoms with Gasteiger partial charge >= 0.3 is 0 Å². The molecule has 1 heterocycles. The lowest BCUT2D eigenvalue weighted by molar-refractivity contribution is 0.0686. The minimum atomic E-state index is 0.0274. The Morgan fingerprint density at radius 3 is 2.74 bits per heavy atom. The van der Waals surface area contributed by atoms with Gasteiger partial charge in [-0.05, 0) is 50.8 Å². The molecule has 0 unspecified atom stereocenters. The highest BCUT2D eigenvalue weighted by Gasteiger charge is 2.24. The predicted molar refractivity (Wildman–Crippen MR) is 75.1 cm³/mol. The van der Waals surface area contributed by atoms with Crippen LogP contribution in [0.4, 0.5) is 0 Å². The van der Waals surface area contributed by atoms with E-state index in [9.17, 15) is 9.90 Å². The molecule has 1 fully saturated rings. The molecule has 1 aliphatic heterocycles. The number of nitrogens with zero attached hydrogens (tertiary/aromatic N) is 1. The molecule has 0 spiro atoms. The second-order valence-electron chi connectivity index (χ2n) is 5.26. The van der Waals surface area contributed by atoms with Crippen molar-refractivity contribution in [2.45, 2.75) is 26.2 Å². The number of rotatable bonds is 3. The SMILES string of the molecule is Cc1c(O)cccc1C(=O)N1CCC(CCN)CC1. The van der Waals surface area contributed by atoms with E-state index in [-0.39, 0.29) is 11.7 Å². The van der Waals surface area contributed by atoms with Crippen LogP contribution in [0.5, 0.6) is 5.75 Å². The average Bonchev–Trinajstić information content (AvgIpc) is 2.42. The molecule has 0 aliphatic carbocycles. The van der Waals surface area contributed by atoms with Crippen LogP contribution in [-0.2, 0) is 0 Å². The van der Waals surface area contributed by atoms with Gasteiger partial charge in [0.1, 0.15) is 5.75 Å². The third-order valence-corrected chi connectivity index (χ3v) is 4.01. The summed E-state index contributed by atoms with van der Waals surface area (Å²) >= 11 is 0. The van der Waals surface area contributed by atoms with Crippen LogP contribution in [0.2, 0.25) is 0 Å². The minimum absolute atomic E-state index is 0.0274. The van der Waals surface area contributed by atoms with Crippen LogP contribution in [0, 0.1) is 12.8 Å². The fourth-order valence-electron chi connectivity index (χ4n) is 2.69. The van der Waals surface area contributed by atoms with Gasteiger partial charge in [0.25, 0.3) is 5.91 Å². The van der Waals surface area contributed by atoms with Crippen molar-refractivity contribution in [3.05, 3.63) is 29.3 Å². The molecule has 1 aromatic carbocycles. The van der Waals surface area contributed by atoms with Gasteiger partial charge in [-0.15, -0.1) is 0 Å².